The predicted octanol–water partition coefficient (Wildman–Crippen LogP) is 3.08. The van der Waals surface area contributed by atoms with Gasteiger partial charge < -0.3 is 19.1 Å². The van der Waals surface area contributed by atoms with Gasteiger partial charge in [0.25, 0.3) is 15.9 Å². The van der Waals surface area contributed by atoms with Crippen molar-refractivity contribution in [2.24, 2.45) is 0 Å². The van der Waals surface area contributed by atoms with E-state index in [1.165, 1.54) is 12.1 Å². The highest BCUT2D eigenvalue weighted by Gasteiger charge is 2.29. The van der Waals surface area contributed by atoms with E-state index in [1.54, 1.807) is 42.5 Å². The molecule has 3 aromatic rings. The number of aromatic nitrogens is 1. The lowest BCUT2D eigenvalue weighted by atomic mass is 10.1. The summed E-state index contributed by atoms with van der Waals surface area (Å²) in [5.74, 6) is 1.36. The van der Waals surface area contributed by atoms with Gasteiger partial charge in [-0.15, -0.1) is 11.3 Å². The first kappa shape index (κ1) is 19.6. The number of hydrogen-bond acceptors (Lipinski definition) is 8. The molecule has 1 aromatic heterocycles. The van der Waals surface area contributed by atoms with Gasteiger partial charge in [0, 0.05) is 24.1 Å². The van der Waals surface area contributed by atoms with Crippen LogP contribution in [0.1, 0.15) is 6.92 Å². The largest absolute Gasteiger partial charge is 0.479 e. The maximum absolute atomic E-state index is 12.7. The quantitative estimate of drug-likeness (QED) is 0.639. The number of carbonyl (C=O) groups excluding carboxylic acids is 1. The maximum atomic E-state index is 12.7. The van der Waals surface area contributed by atoms with Crippen molar-refractivity contribution in [3.63, 3.8) is 0 Å². The molecular formula is C20H17N3O6S2. The summed E-state index contributed by atoms with van der Waals surface area (Å²) in [6, 6.07) is 9.81. The van der Waals surface area contributed by atoms with Gasteiger partial charge >= 0.3 is 0 Å². The molecule has 0 bridgehead atoms. The molecule has 160 valence electrons. The van der Waals surface area contributed by atoms with Crippen molar-refractivity contribution in [2.45, 2.75) is 17.9 Å². The fourth-order valence-corrected chi connectivity index (χ4v) is 5.33. The van der Waals surface area contributed by atoms with E-state index in [9.17, 15) is 13.2 Å². The lowest BCUT2D eigenvalue weighted by Gasteiger charge is -2.30. The molecule has 0 saturated heterocycles. The Bertz CT molecular complexity index is 1300. The Labute approximate surface area is 182 Å². The summed E-state index contributed by atoms with van der Waals surface area (Å²) >= 11 is 1.16. The second kappa shape index (κ2) is 7.13. The van der Waals surface area contributed by atoms with Crippen molar-refractivity contribution in [3.8, 4) is 28.5 Å². The number of sulfonamides is 1. The smallest absolute Gasteiger partial charge is 0.267 e. The molecule has 0 spiro atoms. The number of anilines is 2. The predicted molar refractivity (Wildman–Crippen MR) is 114 cm³/mol. The summed E-state index contributed by atoms with van der Waals surface area (Å²) < 4.78 is 44.1. The molecule has 11 heteroatoms. The van der Waals surface area contributed by atoms with Gasteiger partial charge in [-0.05, 0) is 37.3 Å². The van der Waals surface area contributed by atoms with Crippen LogP contribution in [0.15, 0.2) is 46.7 Å². The fraction of sp³-hybridized carbons (Fsp3) is 0.200. The van der Waals surface area contributed by atoms with E-state index in [0.29, 0.717) is 28.6 Å². The third-order valence-corrected chi connectivity index (χ3v) is 7.20. The summed E-state index contributed by atoms with van der Waals surface area (Å²) in [5, 5.41) is 1.97. The molecule has 1 N–H and O–H groups in total. The number of rotatable bonds is 4. The van der Waals surface area contributed by atoms with Crippen molar-refractivity contribution in [3.05, 3.63) is 41.8 Å². The topological polar surface area (TPSA) is 107 Å². The molecule has 1 atom stereocenters. The molecule has 2 aromatic carbocycles. The lowest BCUT2D eigenvalue weighted by molar-refractivity contribution is -0.125. The van der Waals surface area contributed by atoms with E-state index >= 15 is 0 Å². The third-order valence-electron chi connectivity index (χ3n) is 4.98. The summed E-state index contributed by atoms with van der Waals surface area (Å²) in [6.45, 7) is 1.77. The van der Waals surface area contributed by atoms with E-state index < -0.39 is 16.1 Å². The van der Waals surface area contributed by atoms with Gasteiger partial charge in [0.15, 0.2) is 22.7 Å². The highest BCUT2D eigenvalue weighted by atomic mass is 32.2. The van der Waals surface area contributed by atoms with Crippen LogP contribution in [0.5, 0.6) is 17.2 Å². The molecule has 0 radical (unpaired) electrons. The Morgan fingerprint density at radius 1 is 1.13 bits per heavy atom. The van der Waals surface area contributed by atoms with Gasteiger partial charge in [0.05, 0.1) is 16.3 Å². The van der Waals surface area contributed by atoms with E-state index in [1.807, 2.05) is 6.07 Å². The molecular weight excluding hydrogens is 442 g/mol. The summed E-state index contributed by atoms with van der Waals surface area (Å²) in [7, 11) is -2.16. The van der Waals surface area contributed by atoms with Gasteiger partial charge in [-0.1, -0.05) is 0 Å². The molecule has 3 heterocycles. The van der Waals surface area contributed by atoms with Crippen molar-refractivity contribution in [1.29, 1.82) is 0 Å². The molecule has 0 fully saturated rings. The molecule has 5 rings (SSSR count). The minimum absolute atomic E-state index is 0.0497. The molecule has 31 heavy (non-hydrogen) atoms. The molecule has 0 saturated carbocycles. The number of carbonyl (C=O) groups is 1. The summed E-state index contributed by atoms with van der Waals surface area (Å²) in [4.78, 5) is 18.2. The second-order valence-electron chi connectivity index (χ2n) is 7.00. The number of likely N-dealkylation sites (N-methyl/N-ethyl adjacent to an activating group) is 1. The lowest BCUT2D eigenvalue weighted by Crippen LogP contribution is -2.41. The first-order valence-electron chi connectivity index (χ1n) is 9.28. The van der Waals surface area contributed by atoms with Crippen molar-refractivity contribution >= 4 is 38.1 Å². The summed E-state index contributed by atoms with van der Waals surface area (Å²) in [5.41, 5.74) is 1.95. The molecule has 1 amide bonds. The van der Waals surface area contributed by atoms with Gasteiger partial charge in [0.2, 0.25) is 6.79 Å². The Morgan fingerprint density at radius 3 is 2.74 bits per heavy atom. The SMILES string of the molecule is CC1Oc2ccc(-c3csc(NS(=O)(=O)c4ccc5c(c4)OCO5)n3)cc2N(C)C1=O. The average Bonchev–Trinajstić information content (AvgIpc) is 3.40. The summed E-state index contributed by atoms with van der Waals surface area (Å²) in [6.07, 6.45) is -0.542. The van der Waals surface area contributed by atoms with Crippen molar-refractivity contribution < 1.29 is 27.4 Å². The van der Waals surface area contributed by atoms with Gasteiger partial charge in [-0.2, -0.15) is 0 Å². The average molecular weight is 460 g/mol. The minimum Gasteiger partial charge on any atom is -0.479 e. The first-order valence-corrected chi connectivity index (χ1v) is 11.6. The zero-order valence-electron chi connectivity index (χ0n) is 16.5. The van der Waals surface area contributed by atoms with E-state index in [0.717, 1.165) is 16.9 Å². The number of thiazole rings is 1. The van der Waals surface area contributed by atoms with Gasteiger partial charge in [-0.3, -0.25) is 9.52 Å². The highest BCUT2D eigenvalue weighted by Crippen LogP contribution is 2.38. The Kier molecular flexibility index (Phi) is 4.52. The molecule has 2 aliphatic heterocycles. The first-order chi connectivity index (χ1) is 14.8. The van der Waals surface area contributed by atoms with Crippen LogP contribution in [-0.4, -0.2) is 39.3 Å². The van der Waals surface area contributed by atoms with Crippen LogP contribution < -0.4 is 23.8 Å². The maximum Gasteiger partial charge on any atom is 0.267 e. The van der Waals surface area contributed by atoms with Crippen LogP contribution in [0.25, 0.3) is 11.3 Å². The minimum atomic E-state index is -3.85. The Morgan fingerprint density at radius 2 is 1.90 bits per heavy atom. The molecule has 0 aliphatic carbocycles. The van der Waals surface area contributed by atoms with Crippen LogP contribution in [0.4, 0.5) is 10.8 Å². The van der Waals surface area contributed by atoms with Crippen LogP contribution >= 0.6 is 11.3 Å². The Balaban J connectivity index is 1.40. The molecule has 2 aliphatic rings. The number of ether oxygens (including phenoxy) is 3. The zero-order chi connectivity index (χ0) is 21.8. The van der Waals surface area contributed by atoms with Gasteiger partial charge in [-0.25, -0.2) is 13.4 Å². The second-order valence-corrected chi connectivity index (χ2v) is 9.54. The standard InChI is InChI=1S/C20H17N3O6S2/c1-11-19(24)23(2)15-7-12(3-5-16(15)29-11)14-9-30-20(21-14)22-31(25,26)13-4-6-17-18(8-13)28-10-27-17/h3-9,11H,10H2,1-2H3,(H,21,22). The van der Waals surface area contributed by atoms with Gasteiger partial charge in [0.1, 0.15) is 5.75 Å². The van der Waals surface area contributed by atoms with E-state index in [2.05, 4.69) is 9.71 Å². The highest BCUT2D eigenvalue weighted by molar-refractivity contribution is 7.93. The number of benzene rings is 2. The Hall–Kier alpha value is -3.31. The van der Waals surface area contributed by atoms with Crippen LogP contribution in [-0.2, 0) is 14.8 Å². The van der Waals surface area contributed by atoms with Crippen molar-refractivity contribution in [2.75, 3.05) is 23.5 Å². The van der Waals surface area contributed by atoms with E-state index in [4.69, 9.17) is 14.2 Å². The number of fused-ring (bicyclic) bond motifs is 2. The molecule has 1 unspecified atom stereocenters. The van der Waals surface area contributed by atoms with E-state index in [-0.39, 0.29) is 22.7 Å². The zero-order valence-corrected chi connectivity index (χ0v) is 18.1. The normalized spacial score (nSPS) is 17.3. The number of hydrogen-bond donors (Lipinski definition) is 1. The fourth-order valence-electron chi connectivity index (χ4n) is 3.34. The number of nitrogens with zero attached hydrogens (tertiary/aromatic N) is 2. The third kappa shape index (κ3) is 3.45. The number of nitrogens with one attached hydrogen (secondary N) is 1. The monoisotopic (exact) mass is 459 g/mol. The van der Waals surface area contributed by atoms with Crippen LogP contribution in [0.2, 0.25) is 0 Å². The van der Waals surface area contributed by atoms with Crippen LogP contribution in [0, 0.1) is 0 Å². The van der Waals surface area contributed by atoms with Crippen LogP contribution in [0.3, 0.4) is 0 Å². The molecule has 9 nitrogen and oxygen atoms in total. The number of amides is 1. The van der Waals surface area contributed by atoms with Crippen molar-refractivity contribution in [1.82, 2.24) is 4.98 Å².